The molecule has 6 nitrogen and oxygen atoms in total. The normalized spacial score (nSPS) is 13.3. The van der Waals surface area contributed by atoms with Crippen molar-refractivity contribution < 1.29 is 14.7 Å². The summed E-state index contributed by atoms with van der Waals surface area (Å²) in [6.45, 7) is 4.02. The van der Waals surface area contributed by atoms with E-state index in [1.54, 1.807) is 7.05 Å². The molecule has 0 spiro atoms. The van der Waals surface area contributed by atoms with Crippen molar-refractivity contribution in [2.75, 3.05) is 7.05 Å². The van der Waals surface area contributed by atoms with Gasteiger partial charge in [-0.15, -0.1) is 0 Å². The molecule has 24 heavy (non-hydrogen) atoms. The average Bonchev–Trinajstić information content (AvgIpc) is 2.58. The number of hydrogen-bond donors (Lipinski definition) is 2. The number of hydrogen-bond acceptors (Lipinski definition) is 3. The van der Waals surface area contributed by atoms with E-state index in [-0.39, 0.29) is 5.92 Å². The molecule has 1 aromatic heterocycles. The van der Waals surface area contributed by atoms with Crippen molar-refractivity contribution in [2.24, 2.45) is 5.92 Å². The van der Waals surface area contributed by atoms with Crippen LogP contribution in [-0.2, 0) is 11.3 Å². The number of fused-ring (bicyclic) bond motifs is 1. The van der Waals surface area contributed by atoms with Gasteiger partial charge in [0.25, 0.3) is 0 Å². The lowest BCUT2D eigenvalue weighted by Gasteiger charge is -2.24. The zero-order chi connectivity index (χ0) is 17.7. The number of carbonyl (C=O) groups is 2. The Hall–Kier alpha value is -2.63. The maximum atomic E-state index is 12.3. The van der Waals surface area contributed by atoms with Crippen molar-refractivity contribution >= 4 is 22.9 Å². The van der Waals surface area contributed by atoms with Crippen LogP contribution in [0.25, 0.3) is 10.9 Å². The highest BCUT2D eigenvalue weighted by atomic mass is 16.4. The van der Waals surface area contributed by atoms with Crippen molar-refractivity contribution in [3.05, 3.63) is 42.1 Å². The first-order valence-electron chi connectivity index (χ1n) is 8.01. The predicted molar refractivity (Wildman–Crippen MR) is 92.6 cm³/mol. The van der Waals surface area contributed by atoms with Crippen molar-refractivity contribution in [2.45, 2.75) is 32.9 Å². The van der Waals surface area contributed by atoms with E-state index in [1.165, 1.54) is 4.90 Å². The van der Waals surface area contributed by atoms with Crippen LogP contribution in [0.4, 0.5) is 4.79 Å². The minimum absolute atomic E-state index is 0.140. The summed E-state index contributed by atoms with van der Waals surface area (Å²) in [6.07, 6.45) is 0.674. The minimum Gasteiger partial charge on any atom is -0.480 e. The molecule has 2 rings (SSSR count). The first kappa shape index (κ1) is 17.7. The van der Waals surface area contributed by atoms with Crippen LogP contribution >= 0.6 is 0 Å². The fourth-order valence-electron chi connectivity index (χ4n) is 2.44. The molecule has 2 atom stereocenters. The highest BCUT2D eigenvalue weighted by Crippen LogP contribution is 2.13. The van der Waals surface area contributed by atoms with Gasteiger partial charge in [-0.1, -0.05) is 44.5 Å². The number of pyridine rings is 1. The van der Waals surface area contributed by atoms with Gasteiger partial charge in [-0.2, -0.15) is 0 Å². The van der Waals surface area contributed by atoms with E-state index in [9.17, 15) is 14.7 Å². The van der Waals surface area contributed by atoms with E-state index in [0.29, 0.717) is 13.0 Å². The van der Waals surface area contributed by atoms with Crippen molar-refractivity contribution in [3.63, 3.8) is 0 Å². The predicted octanol–water partition coefficient (Wildman–Crippen LogP) is 2.88. The van der Waals surface area contributed by atoms with Gasteiger partial charge in [0.15, 0.2) is 0 Å². The number of rotatable bonds is 6. The molecule has 2 aromatic rings. The Morgan fingerprint density at radius 3 is 2.62 bits per heavy atom. The molecular weight excluding hydrogens is 306 g/mol. The topological polar surface area (TPSA) is 82.5 Å². The Bertz CT molecular complexity index is 732. The SMILES string of the molecule is CCC(C)C(NC(=O)N(C)Cc1ccc2ccccc2n1)C(=O)O. The molecule has 2 unspecified atom stereocenters. The molecule has 2 amide bonds. The summed E-state index contributed by atoms with van der Waals surface area (Å²) >= 11 is 0. The molecule has 0 aliphatic heterocycles. The van der Waals surface area contributed by atoms with Crippen LogP contribution in [0, 0.1) is 5.92 Å². The van der Waals surface area contributed by atoms with Crippen LogP contribution in [0.1, 0.15) is 26.0 Å². The molecule has 1 aromatic carbocycles. The van der Waals surface area contributed by atoms with Gasteiger partial charge in [-0.05, 0) is 18.1 Å². The zero-order valence-electron chi connectivity index (χ0n) is 14.2. The van der Waals surface area contributed by atoms with Gasteiger partial charge in [0.05, 0.1) is 17.8 Å². The average molecular weight is 329 g/mol. The molecule has 0 saturated carbocycles. The molecule has 0 fully saturated rings. The third kappa shape index (κ3) is 4.22. The Morgan fingerprint density at radius 2 is 1.96 bits per heavy atom. The number of aliphatic carboxylic acids is 1. The molecule has 0 bridgehead atoms. The van der Waals surface area contributed by atoms with Crippen LogP contribution in [0.3, 0.4) is 0 Å². The second-order valence-corrected chi connectivity index (χ2v) is 6.00. The van der Waals surface area contributed by atoms with Crippen molar-refractivity contribution in [1.29, 1.82) is 0 Å². The second kappa shape index (κ2) is 7.77. The first-order chi connectivity index (χ1) is 11.4. The second-order valence-electron chi connectivity index (χ2n) is 6.00. The summed E-state index contributed by atoms with van der Waals surface area (Å²) in [6, 6.07) is 10.3. The van der Waals surface area contributed by atoms with E-state index in [2.05, 4.69) is 10.3 Å². The maximum Gasteiger partial charge on any atom is 0.326 e. The van der Waals surface area contributed by atoms with E-state index < -0.39 is 18.0 Å². The highest BCUT2D eigenvalue weighted by Gasteiger charge is 2.26. The molecule has 128 valence electrons. The van der Waals surface area contributed by atoms with Crippen LogP contribution < -0.4 is 5.32 Å². The van der Waals surface area contributed by atoms with Gasteiger partial charge in [-0.3, -0.25) is 4.98 Å². The van der Waals surface area contributed by atoms with E-state index in [1.807, 2.05) is 50.2 Å². The minimum atomic E-state index is -1.02. The van der Waals surface area contributed by atoms with E-state index in [4.69, 9.17) is 0 Å². The van der Waals surface area contributed by atoms with E-state index >= 15 is 0 Å². The Balaban J connectivity index is 2.05. The lowest BCUT2D eigenvalue weighted by molar-refractivity contribution is -0.140. The first-order valence-corrected chi connectivity index (χ1v) is 8.01. The number of carboxylic acids is 1. The summed E-state index contributed by atoms with van der Waals surface area (Å²) in [4.78, 5) is 29.6. The van der Waals surface area contributed by atoms with Crippen molar-refractivity contribution in [3.8, 4) is 0 Å². The zero-order valence-corrected chi connectivity index (χ0v) is 14.2. The van der Waals surface area contributed by atoms with Crippen LogP contribution in [0.15, 0.2) is 36.4 Å². The molecular formula is C18H23N3O3. The summed E-state index contributed by atoms with van der Waals surface area (Å²) < 4.78 is 0. The van der Waals surface area contributed by atoms with E-state index in [0.717, 1.165) is 16.6 Å². The number of carbonyl (C=O) groups excluding carboxylic acids is 1. The summed E-state index contributed by atoms with van der Waals surface area (Å²) in [5.41, 5.74) is 1.62. The fourth-order valence-corrected chi connectivity index (χ4v) is 2.44. The third-order valence-electron chi connectivity index (χ3n) is 4.16. The Kier molecular flexibility index (Phi) is 5.73. The number of amides is 2. The molecule has 2 N–H and O–H groups in total. The van der Waals surface area contributed by atoms with Crippen LogP contribution in [0.5, 0.6) is 0 Å². The quantitative estimate of drug-likeness (QED) is 0.854. The summed E-state index contributed by atoms with van der Waals surface area (Å²) in [5, 5.41) is 12.9. The van der Waals surface area contributed by atoms with Gasteiger partial charge < -0.3 is 15.3 Å². The number of benzene rings is 1. The number of aromatic nitrogens is 1. The monoisotopic (exact) mass is 329 g/mol. The summed E-state index contributed by atoms with van der Waals surface area (Å²) in [7, 11) is 1.63. The smallest absolute Gasteiger partial charge is 0.326 e. The molecule has 0 aliphatic carbocycles. The van der Waals surface area contributed by atoms with Gasteiger partial charge >= 0.3 is 12.0 Å². The number of nitrogens with one attached hydrogen (secondary N) is 1. The molecule has 0 saturated heterocycles. The fraction of sp³-hybridized carbons (Fsp3) is 0.389. The molecule has 0 radical (unpaired) electrons. The molecule has 1 heterocycles. The molecule has 0 aliphatic rings. The number of urea groups is 1. The highest BCUT2D eigenvalue weighted by molar-refractivity contribution is 5.83. The lowest BCUT2D eigenvalue weighted by Crippen LogP contribution is -2.49. The molecule has 6 heteroatoms. The van der Waals surface area contributed by atoms with Crippen LogP contribution in [-0.4, -0.2) is 40.1 Å². The Labute approximate surface area is 141 Å². The standard InChI is InChI=1S/C18H23N3O3/c1-4-12(2)16(17(22)23)20-18(24)21(3)11-14-10-9-13-7-5-6-8-15(13)19-14/h5-10,12,16H,4,11H2,1-3H3,(H,20,24)(H,22,23). The summed E-state index contributed by atoms with van der Waals surface area (Å²) in [5.74, 6) is -1.16. The largest absolute Gasteiger partial charge is 0.480 e. The van der Waals surface area contributed by atoms with Crippen molar-refractivity contribution in [1.82, 2.24) is 15.2 Å². The maximum absolute atomic E-state index is 12.3. The third-order valence-corrected chi connectivity index (χ3v) is 4.16. The van der Waals surface area contributed by atoms with Gasteiger partial charge in [0.1, 0.15) is 6.04 Å². The Morgan fingerprint density at radius 1 is 1.25 bits per heavy atom. The van der Waals surface area contributed by atoms with Gasteiger partial charge in [0, 0.05) is 12.4 Å². The van der Waals surface area contributed by atoms with Gasteiger partial charge in [-0.25, -0.2) is 9.59 Å². The lowest BCUT2D eigenvalue weighted by atomic mass is 9.99. The number of nitrogens with zero attached hydrogens (tertiary/aromatic N) is 2. The number of para-hydroxylation sites is 1. The number of carboxylic acid groups (broad SMARTS) is 1. The van der Waals surface area contributed by atoms with Crippen LogP contribution in [0.2, 0.25) is 0 Å². The van der Waals surface area contributed by atoms with Gasteiger partial charge in [0.2, 0.25) is 0 Å².